The van der Waals surface area contributed by atoms with Gasteiger partial charge in [0.15, 0.2) is 0 Å². The largest absolute Gasteiger partial charge is 0.282 e. The van der Waals surface area contributed by atoms with Gasteiger partial charge in [0, 0.05) is 19.2 Å². The van der Waals surface area contributed by atoms with Crippen molar-refractivity contribution >= 4 is 5.71 Å². The molecule has 1 aliphatic rings. The molecule has 2 aromatic rings. The van der Waals surface area contributed by atoms with Gasteiger partial charge in [0.1, 0.15) is 0 Å². The van der Waals surface area contributed by atoms with Gasteiger partial charge in [-0.1, -0.05) is 24.3 Å². The first-order valence-corrected chi connectivity index (χ1v) is 5.89. The summed E-state index contributed by atoms with van der Waals surface area (Å²) in [7, 11) is 1.97. The third-order valence-corrected chi connectivity index (χ3v) is 3.17. The quantitative estimate of drug-likeness (QED) is 0.731. The lowest BCUT2D eigenvalue weighted by atomic mass is 9.96. The number of hydrogen-bond donors (Lipinski definition) is 0. The highest BCUT2D eigenvalue weighted by Crippen LogP contribution is 2.20. The van der Waals surface area contributed by atoms with Crippen molar-refractivity contribution in [3.63, 3.8) is 0 Å². The minimum atomic E-state index is 0.872. The fraction of sp³-hybridized carbons (Fsp3) is 0.286. The number of rotatable bonds is 1. The van der Waals surface area contributed by atoms with E-state index in [0.717, 1.165) is 30.1 Å². The number of benzene rings is 1. The molecule has 0 aliphatic carbocycles. The molecule has 86 valence electrons. The van der Waals surface area contributed by atoms with E-state index < -0.39 is 0 Å². The van der Waals surface area contributed by atoms with Gasteiger partial charge in [0.25, 0.3) is 0 Å². The zero-order valence-electron chi connectivity index (χ0n) is 10.1. The Kier molecular flexibility index (Phi) is 2.32. The molecule has 1 aliphatic heterocycles. The summed E-state index contributed by atoms with van der Waals surface area (Å²) in [6.45, 7) is 2.88. The van der Waals surface area contributed by atoms with Crippen LogP contribution < -0.4 is 0 Å². The van der Waals surface area contributed by atoms with E-state index in [0.29, 0.717) is 0 Å². The zero-order chi connectivity index (χ0) is 11.8. The second-order valence-electron chi connectivity index (χ2n) is 4.43. The first kappa shape index (κ1) is 10.3. The minimum Gasteiger partial charge on any atom is -0.282 e. The van der Waals surface area contributed by atoms with E-state index in [1.165, 1.54) is 11.1 Å². The van der Waals surface area contributed by atoms with Gasteiger partial charge in [0.05, 0.1) is 17.1 Å². The molecule has 0 spiro atoms. The molecule has 0 amide bonds. The summed E-state index contributed by atoms with van der Waals surface area (Å²) in [6, 6.07) is 10.6. The molecule has 0 N–H and O–H groups in total. The molecule has 0 saturated carbocycles. The fourth-order valence-electron chi connectivity index (χ4n) is 2.39. The Morgan fingerprint density at radius 2 is 2.06 bits per heavy atom. The SMILES string of the molecule is Cc1cc(C2=NCCc3ccccc32)n(C)n1. The summed E-state index contributed by atoms with van der Waals surface area (Å²) in [5.41, 5.74) is 5.86. The predicted octanol–water partition coefficient (Wildman–Crippen LogP) is 2.12. The van der Waals surface area contributed by atoms with Crippen molar-refractivity contribution in [1.29, 1.82) is 0 Å². The Hall–Kier alpha value is -1.90. The van der Waals surface area contributed by atoms with Gasteiger partial charge >= 0.3 is 0 Å². The van der Waals surface area contributed by atoms with Crippen LogP contribution in [0, 0.1) is 6.92 Å². The first-order valence-electron chi connectivity index (χ1n) is 5.89. The molecule has 1 aromatic heterocycles. The number of aliphatic imine (C=N–C) groups is 1. The van der Waals surface area contributed by atoms with E-state index in [-0.39, 0.29) is 0 Å². The number of fused-ring (bicyclic) bond motifs is 1. The summed E-state index contributed by atoms with van der Waals surface area (Å²) >= 11 is 0. The molecule has 0 saturated heterocycles. The van der Waals surface area contributed by atoms with Crippen LogP contribution in [-0.4, -0.2) is 22.0 Å². The van der Waals surface area contributed by atoms with Crippen molar-refractivity contribution in [3.05, 3.63) is 52.8 Å². The predicted molar refractivity (Wildman–Crippen MR) is 68.6 cm³/mol. The monoisotopic (exact) mass is 225 g/mol. The maximum absolute atomic E-state index is 4.67. The van der Waals surface area contributed by atoms with Crippen LogP contribution in [0.15, 0.2) is 35.3 Å². The van der Waals surface area contributed by atoms with Crippen molar-refractivity contribution in [1.82, 2.24) is 9.78 Å². The molecule has 0 atom stereocenters. The highest BCUT2D eigenvalue weighted by molar-refractivity contribution is 6.13. The molecular formula is C14H15N3. The average molecular weight is 225 g/mol. The topological polar surface area (TPSA) is 30.2 Å². The Balaban J connectivity index is 2.16. The van der Waals surface area contributed by atoms with Crippen LogP contribution in [0.3, 0.4) is 0 Å². The Bertz CT molecular complexity index is 593. The molecule has 0 unspecified atom stereocenters. The second kappa shape index (κ2) is 3.84. The van der Waals surface area contributed by atoms with Crippen LogP contribution in [0.2, 0.25) is 0 Å². The average Bonchev–Trinajstić information content (AvgIpc) is 2.68. The summed E-state index contributed by atoms with van der Waals surface area (Å²) in [4.78, 5) is 4.67. The maximum Gasteiger partial charge on any atom is 0.0902 e. The van der Waals surface area contributed by atoms with E-state index in [1.807, 2.05) is 18.7 Å². The standard InChI is InChI=1S/C14H15N3/c1-10-9-13(17(2)16-10)14-12-6-4-3-5-11(12)7-8-15-14/h3-6,9H,7-8H2,1-2H3. The van der Waals surface area contributed by atoms with Crippen molar-refractivity contribution in [2.24, 2.45) is 12.0 Å². The van der Waals surface area contributed by atoms with Gasteiger partial charge in [-0.3, -0.25) is 9.67 Å². The molecule has 17 heavy (non-hydrogen) atoms. The lowest BCUT2D eigenvalue weighted by molar-refractivity contribution is 0.747. The van der Waals surface area contributed by atoms with E-state index in [9.17, 15) is 0 Å². The fourth-order valence-corrected chi connectivity index (χ4v) is 2.39. The van der Waals surface area contributed by atoms with Crippen molar-refractivity contribution < 1.29 is 0 Å². The number of nitrogens with zero attached hydrogens (tertiary/aromatic N) is 3. The highest BCUT2D eigenvalue weighted by Gasteiger charge is 2.17. The third kappa shape index (κ3) is 1.68. The molecule has 0 bridgehead atoms. The summed E-state index contributed by atoms with van der Waals surface area (Å²) in [6.07, 6.45) is 1.04. The van der Waals surface area contributed by atoms with Gasteiger partial charge in [-0.05, 0) is 25.0 Å². The van der Waals surface area contributed by atoms with Crippen LogP contribution >= 0.6 is 0 Å². The van der Waals surface area contributed by atoms with Crippen LogP contribution in [0.25, 0.3) is 0 Å². The molecule has 3 nitrogen and oxygen atoms in total. The first-order chi connectivity index (χ1) is 8.25. The smallest absolute Gasteiger partial charge is 0.0902 e. The zero-order valence-corrected chi connectivity index (χ0v) is 10.1. The third-order valence-electron chi connectivity index (χ3n) is 3.17. The highest BCUT2D eigenvalue weighted by atomic mass is 15.3. The van der Waals surface area contributed by atoms with Gasteiger partial charge in [-0.2, -0.15) is 5.10 Å². The molecule has 3 heteroatoms. The molecule has 1 aromatic carbocycles. The summed E-state index contributed by atoms with van der Waals surface area (Å²) in [5.74, 6) is 0. The van der Waals surface area contributed by atoms with E-state index in [4.69, 9.17) is 0 Å². The number of aromatic nitrogens is 2. The van der Waals surface area contributed by atoms with Crippen LogP contribution in [0.1, 0.15) is 22.5 Å². The number of hydrogen-bond acceptors (Lipinski definition) is 2. The van der Waals surface area contributed by atoms with Crippen molar-refractivity contribution in [2.75, 3.05) is 6.54 Å². The normalized spacial score (nSPS) is 14.4. The molecular weight excluding hydrogens is 210 g/mol. The Morgan fingerprint density at radius 3 is 2.82 bits per heavy atom. The molecule has 2 heterocycles. The number of aryl methyl sites for hydroxylation is 2. The molecule has 0 radical (unpaired) electrons. The van der Waals surface area contributed by atoms with Gasteiger partial charge in [-0.25, -0.2) is 0 Å². The van der Waals surface area contributed by atoms with E-state index in [1.54, 1.807) is 0 Å². The molecule has 3 rings (SSSR count). The van der Waals surface area contributed by atoms with E-state index in [2.05, 4.69) is 40.4 Å². The minimum absolute atomic E-state index is 0.872. The Labute approximate surface area is 101 Å². The lowest BCUT2D eigenvalue weighted by Gasteiger charge is -2.16. The summed E-state index contributed by atoms with van der Waals surface area (Å²) in [5, 5.41) is 4.40. The van der Waals surface area contributed by atoms with Gasteiger partial charge < -0.3 is 0 Å². The Morgan fingerprint density at radius 1 is 1.24 bits per heavy atom. The van der Waals surface area contributed by atoms with Gasteiger partial charge in [-0.15, -0.1) is 0 Å². The summed E-state index contributed by atoms with van der Waals surface area (Å²) < 4.78 is 1.91. The second-order valence-corrected chi connectivity index (χ2v) is 4.43. The van der Waals surface area contributed by atoms with Gasteiger partial charge in [0.2, 0.25) is 0 Å². The maximum atomic E-state index is 4.67. The van der Waals surface area contributed by atoms with Crippen LogP contribution in [0.4, 0.5) is 0 Å². The van der Waals surface area contributed by atoms with Crippen LogP contribution in [-0.2, 0) is 13.5 Å². The lowest BCUT2D eigenvalue weighted by Crippen LogP contribution is -2.17. The van der Waals surface area contributed by atoms with E-state index >= 15 is 0 Å². The van der Waals surface area contributed by atoms with Crippen molar-refractivity contribution in [2.45, 2.75) is 13.3 Å². The van der Waals surface area contributed by atoms with Crippen LogP contribution in [0.5, 0.6) is 0 Å². The molecule has 0 fully saturated rings. The van der Waals surface area contributed by atoms with Crippen molar-refractivity contribution in [3.8, 4) is 0 Å².